The second kappa shape index (κ2) is 4.49. The van der Waals surface area contributed by atoms with Crippen molar-refractivity contribution in [3.8, 4) is 12.3 Å². The topological polar surface area (TPSA) is 32.3 Å². The summed E-state index contributed by atoms with van der Waals surface area (Å²) >= 11 is 0. The van der Waals surface area contributed by atoms with E-state index in [1.165, 1.54) is 0 Å². The third-order valence-electron chi connectivity index (χ3n) is 2.40. The van der Waals surface area contributed by atoms with Crippen LogP contribution >= 0.6 is 0 Å². The minimum absolute atomic E-state index is 0.162. The summed E-state index contributed by atoms with van der Waals surface area (Å²) in [6.45, 7) is 2.06. The van der Waals surface area contributed by atoms with Crippen LogP contribution in [0.4, 0.5) is 0 Å². The molecule has 1 aliphatic rings. The zero-order chi connectivity index (χ0) is 8.97. The first-order chi connectivity index (χ1) is 5.74. The molecule has 1 rings (SSSR count). The van der Waals surface area contributed by atoms with Crippen LogP contribution in [0.3, 0.4) is 0 Å². The van der Waals surface area contributed by atoms with Gasteiger partial charge in [-0.15, -0.1) is 12.3 Å². The van der Waals surface area contributed by atoms with Gasteiger partial charge in [0, 0.05) is 18.5 Å². The Balaban J connectivity index is 2.26. The molecule has 2 nitrogen and oxygen atoms in total. The molecule has 1 unspecified atom stereocenters. The van der Waals surface area contributed by atoms with E-state index in [2.05, 4.69) is 18.2 Å². The van der Waals surface area contributed by atoms with Gasteiger partial charge in [0.25, 0.3) is 0 Å². The molecule has 1 fully saturated rings. The van der Waals surface area contributed by atoms with Gasteiger partial charge in [-0.3, -0.25) is 0 Å². The largest absolute Gasteiger partial charge is 0.392 e. The average molecular weight is 167 g/mol. The maximum atomic E-state index is 9.49. The fraction of sp³-hybridized carbons (Fsp3) is 0.800. The van der Waals surface area contributed by atoms with Gasteiger partial charge in [-0.2, -0.15) is 0 Å². The van der Waals surface area contributed by atoms with Crippen molar-refractivity contribution in [1.82, 2.24) is 5.32 Å². The zero-order valence-electron chi connectivity index (χ0n) is 7.59. The fourth-order valence-electron chi connectivity index (χ4n) is 1.74. The van der Waals surface area contributed by atoms with Crippen LogP contribution in [0.5, 0.6) is 0 Å². The van der Waals surface area contributed by atoms with Gasteiger partial charge in [-0.1, -0.05) is 0 Å². The van der Waals surface area contributed by atoms with E-state index in [1.54, 1.807) is 0 Å². The highest BCUT2D eigenvalue weighted by Crippen LogP contribution is 2.19. The van der Waals surface area contributed by atoms with Gasteiger partial charge in [0.1, 0.15) is 0 Å². The lowest BCUT2D eigenvalue weighted by Crippen LogP contribution is -2.41. The first-order valence-electron chi connectivity index (χ1n) is 4.61. The third-order valence-corrected chi connectivity index (χ3v) is 2.40. The number of terminal acetylenes is 1. The zero-order valence-corrected chi connectivity index (χ0v) is 7.59. The maximum absolute atomic E-state index is 9.49. The Kier molecular flexibility index (Phi) is 3.58. The predicted octanol–water partition coefficient (Wildman–Crippen LogP) is 0.901. The summed E-state index contributed by atoms with van der Waals surface area (Å²) in [5, 5.41) is 12.8. The van der Waals surface area contributed by atoms with Gasteiger partial charge in [-0.25, -0.2) is 0 Å². The van der Waals surface area contributed by atoms with Crippen molar-refractivity contribution in [3.63, 3.8) is 0 Å². The highest BCUT2D eigenvalue weighted by atomic mass is 16.3. The van der Waals surface area contributed by atoms with Crippen LogP contribution in [0, 0.1) is 12.3 Å². The molecule has 0 spiro atoms. The summed E-state index contributed by atoms with van der Waals surface area (Å²) in [5.74, 6) is 2.61. The molecule has 3 atom stereocenters. The van der Waals surface area contributed by atoms with Crippen molar-refractivity contribution in [2.24, 2.45) is 0 Å². The lowest BCUT2D eigenvalue weighted by molar-refractivity contribution is 0.144. The number of rotatable bonds is 3. The van der Waals surface area contributed by atoms with Crippen molar-refractivity contribution in [2.45, 2.75) is 50.8 Å². The Morgan fingerprint density at radius 1 is 1.67 bits per heavy atom. The van der Waals surface area contributed by atoms with Crippen LogP contribution < -0.4 is 5.32 Å². The Morgan fingerprint density at radius 3 is 2.92 bits per heavy atom. The van der Waals surface area contributed by atoms with E-state index in [0.717, 1.165) is 25.7 Å². The number of nitrogens with one attached hydrogen (secondary N) is 1. The number of aliphatic hydroxyl groups is 1. The van der Waals surface area contributed by atoms with Crippen LogP contribution in [-0.2, 0) is 0 Å². The van der Waals surface area contributed by atoms with Crippen molar-refractivity contribution < 1.29 is 5.11 Å². The maximum Gasteiger partial charge on any atom is 0.0693 e. The Bertz CT molecular complexity index is 173. The Morgan fingerprint density at radius 2 is 2.42 bits per heavy atom. The minimum Gasteiger partial charge on any atom is -0.392 e. The molecule has 0 aromatic heterocycles. The van der Waals surface area contributed by atoms with Crippen LogP contribution in [0.25, 0.3) is 0 Å². The molecular formula is C10H17NO. The molecule has 2 N–H and O–H groups in total. The summed E-state index contributed by atoms with van der Waals surface area (Å²) in [6.07, 6.45) is 8.90. The van der Waals surface area contributed by atoms with Crippen LogP contribution in [0.15, 0.2) is 0 Å². The molecule has 0 saturated heterocycles. The first-order valence-corrected chi connectivity index (χ1v) is 4.61. The van der Waals surface area contributed by atoms with E-state index in [0.29, 0.717) is 6.04 Å². The van der Waals surface area contributed by atoms with Gasteiger partial charge in [0.05, 0.1) is 6.10 Å². The smallest absolute Gasteiger partial charge is 0.0693 e. The van der Waals surface area contributed by atoms with E-state index in [-0.39, 0.29) is 12.1 Å². The number of hydrogen-bond donors (Lipinski definition) is 2. The monoisotopic (exact) mass is 167 g/mol. The van der Waals surface area contributed by atoms with Gasteiger partial charge < -0.3 is 10.4 Å². The van der Waals surface area contributed by atoms with Gasteiger partial charge >= 0.3 is 0 Å². The van der Waals surface area contributed by atoms with Crippen molar-refractivity contribution >= 4 is 0 Å². The normalized spacial score (nSPS) is 31.4. The standard InChI is InChI=1S/C10H17NO/c1-3-5-8(2)11-9-6-4-7-10(9)12/h1,8-12H,4-7H2,2H3/t8?,9-,10-/m0/s1. The fourth-order valence-corrected chi connectivity index (χ4v) is 1.74. The molecule has 1 saturated carbocycles. The second-order valence-corrected chi connectivity index (χ2v) is 3.58. The summed E-state index contributed by atoms with van der Waals surface area (Å²) in [5.41, 5.74) is 0. The molecule has 12 heavy (non-hydrogen) atoms. The van der Waals surface area contributed by atoms with Crippen LogP contribution in [-0.4, -0.2) is 23.3 Å². The summed E-state index contributed by atoms with van der Waals surface area (Å²) in [4.78, 5) is 0. The van der Waals surface area contributed by atoms with E-state index in [4.69, 9.17) is 6.42 Å². The first kappa shape index (κ1) is 9.57. The molecule has 0 aromatic carbocycles. The van der Waals surface area contributed by atoms with Crippen molar-refractivity contribution in [2.75, 3.05) is 0 Å². The highest BCUT2D eigenvalue weighted by Gasteiger charge is 2.25. The average Bonchev–Trinajstić information content (AvgIpc) is 2.37. The van der Waals surface area contributed by atoms with Crippen molar-refractivity contribution in [1.29, 1.82) is 0 Å². The van der Waals surface area contributed by atoms with Gasteiger partial charge in [0.2, 0.25) is 0 Å². The molecule has 68 valence electrons. The number of aliphatic hydroxyl groups excluding tert-OH is 1. The molecule has 0 bridgehead atoms. The predicted molar refractivity (Wildman–Crippen MR) is 49.7 cm³/mol. The van der Waals surface area contributed by atoms with E-state index < -0.39 is 0 Å². The molecule has 2 heteroatoms. The summed E-state index contributed by atoms with van der Waals surface area (Å²) in [6, 6.07) is 0.598. The van der Waals surface area contributed by atoms with Crippen LogP contribution in [0.2, 0.25) is 0 Å². The van der Waals surface area contributed by atoms with E-state index >= 15 is 0 Å². The quantitative estimate of drug-likeness (QED) is 0.612. The molecule has 0 aromatic rings. The molecule has 0 heterocycles. The molecule has 1 aliphatic carbocycles. The second-order valence-electron chi connectivity index (χ2n) is 3.58. The number of hydrogen-bond acceptors (Lipinski definition) is 2. The summed E-state index contributed by atoms with van der Waals surface area (Å²) < 4.78 is 0. The molecule has 0 amide bonds. The lowest BCUT2D eigenvalue weighted by atomic mass is 10.1. The molecule has 0 radical (unpaired) electrons. The summed E-state index contributed by atoms with van der Waals surface area (Å²) in [7, 11) is 0. The molecule has 0 aliphatic heterocycles. The van der Waals surface area contributed by atoms with Crippen LogP contribution in [0.1, 0.15) is 32.6 Å². The van der Waals surface area contributed by atoms with E-state index in [9.17, 15) is 5.11 Å². The van der Waals surface area contributed by atoms with Gasteiger partial charge in [0.15, 0.2) is 0 Å². The minimum atomic E-state index is -0.162. The molecular weight excluding hydrogens is 150 g/mol. The highest BCUT2D eigenvalue weighted by molar-refractivity contribution is 4.91. The van der Waals surface area contributed by atoms with Gasteiger partial charge in [-0.05, 0) is 26.2 Å². The lowest BCUT2D eigenvalue weighted by Gasteiger charge is -2.20. The SMILES string of the molecule is C#CCC(C)N[C@H]1CCC[C@@H]1O. The van der Waals surface area contributed by atoms with Crippen molar-refractivity contribution in [3.05, 3.63) is 0 Å². The Labute approximate surface area is 74.4 Å². The Hall–Kier alpha value is -0.520. The third kappa shape index (κ3) is 2.51. The van der Waals surface area contributed by atoms with E-state index in [1.807, 2.05) is 0 Å².